The summed E-state index contributed by atoms with van der Waals surface area (Å²) in [7, 11) is 0. The number of alkyl halides is 1. The Morgan fingerprint density at radius 3 is 2.17 bits per heavy atom. The molecule has 0 aliphatic carbocycles. The van der Waals surface area contributed by atoms with Crippen molar-refractivity contribution in [2.75, 3.05) is 6.61 Å². The van der Waals surface area contributed by atoms with Crippen molar-refractivity contribution in [3.05, 3.63) is 0 Å². The Kier molecular flexibility index (Phi) is 5.60. The van der Waals surface area contributed by atoms with Crippen LogP contribution in [0, 0.1) is 0 Å². The first-order valence-corrected chi connectivity index (χ1v) is 4.20. The monoisotopic (exact) mass is 242 g/mol. The maximum Gasteiger partial charge on any atom is 0.149 e. The molecule has 0 aromatic rings. The quantitative estimate of drug-likeness (QED) is 0.331. The summed E-state index contributed by atoms with van der Waals surface area (Å²) < 4.78 is 0. The number of carbonyl (C=O) groups excluding carboxylic acids is 1. The lowest BCUT2D eigenvalue weighted by molar-refractivity contribution is -0.117. The van der Waals surface area contributed by atoms with Crippen LogP contribution < -0.4 is 0 Å². The van der Waals surface area contributed by atoms with Crippen LogP contribution in [0.2, 0.25) is 0 Å². The smallest absolute Gasteiger partial charge is 0.149 e. The molecule has 0 rings (SSSR count). The van der Waals surface area contributed by atoms with Gasteiger partial charge in [-0.15, -0.1) is 0 Å². The molecule has 0 saturated heterocycles. The van der Waals surface area contributed by atoms with Crippen molar-refractivity contribution in [1.29, 1.82) is 0 Å². The van der Waals surface area contributed by atoms with Crippen molar-refractivity contribution in [2.45, 2.75) is 23.1 Å². The van der Waals surface area contributed by atoms with Crippen LogP contribution in [0.3, 0.4) is 0 Å². The molecule has 0 aromatic carbocycles. The zero-order chi connectivity index (χ0) is 9.72. The Morgan fingerprint density at radius 2 is 1.83 bits per heavy atom. The van der Waals surface area contributed by atoms with Gasteiger partial charge < -0.3 is 25.2 Å². The molecule has 4 N–H and O–H groups in total. The molecule has 0 aliphatic heterocycles. The van der Waals surface area contributed by atoms with Gasteiger partial charge in [-0.05, 0) is 0 Å². The van der Waals surface area contributed by atoms with Crippen LogP contribution in [0.5, 0.6) is 0 Å². The lowest BCUT2D eigenvalue weighted by atomic mass is 10.1. The summed E-state index contributed by atoms with van der Waals surface area (Å²) in [6, 6.07) is 0. The molecule has 0 fully saturated rings. The predicted octanol–water partition coefficient (Wildman–Crippen LogP) is -1.98. The minimum Gasteiger partial charge on any atom is -0.394 e. The van der Waals surface area contributed by atoms with Crippen molar-refractivity contribution in [3.8, 4) is 0 Å². The highest BCUT2D eigenvalue weighted by atomic mass is 79.9. The van der Waals surface area contributed by atoms with E-state index >= 15 is 0 Å². The maximum atomic E-state index is 10.0. The van der Waals surface area contributed by atoms with Crippen LogP contribution in [0.15, 0.2) is 0 Å². The Balaban J connectivity index is 4.07. The van der Waals surface area contributed by atoms with Crippen molar-refractivity contribution < 1.29 is 25.2 Å². The van der Waals surface area contributed by atoms with Gasteiger partial charge in [0.05, 0.1) is 17.5 Å². The lowest BCUT2D eigenvalue weighted by Crippen LogP contribution is -2.42. The van der Waals surface area contributed by atoms with Crippen LogP contribution >= 0.6 is 15.9 Å². The Bertz CT molecular complexity index is 142. The zero-order valence-electron chi connectivity index (χ0n) is 6.17. The molecule has 6 heteroatoms. The summed E-state index contributed by atoms with van der Waals surface area (Å²) in [6.45, 7) is -0.630. The molecule has 12 heavy (non-hydrogen) atoms. The largest absolute Gasteiger partial charge is 0.394 e. The summed E-state index contributed by atoms with van der Waals surface area (Å²) in [6.07, 6.45) is -3.92. The van der Waals surface area contributed by atoms with Gasteiger partial charge in [0.2, 0.25) is 0 Å². The minimum absolute atomic E-state index is 0.229. The SMILES string of the molecule is O=C[C@@H](O)[C@@H](Br)[C@H](O)[C@H](O)CO. The predicted molar refractivity (Wildman–Crippen MR) is 43.9 cm³/mol. The third-order valence-electron chi connectivity index (χ3n) is 1.37. The van der Waals surface area contributed by atoms with E-state index in [0.29, 0.717) is 0 Å². The second kappa shape index (κ2) is 5.60. The first kappa shape index (κ1) is 12.0. The zero-order valence-corrected chi connectivity index (χ0v) is 7.75. The first-order chi connectivity index (χ1) is 5.54. The third kappa shape index (κ3) is 3.16. The van der Waals surface area contributed by atoms with Gasteiger partial charge in [0.1, 0.15) is 18.5 Å². The molecule has 0 radical (unpaired) electrons. The van der Waals surface area contributed by atoms with Gasteiger partial charge in [-0.2, -0.15) is 0 Å². The summed E-state index contributed by atoms with van der Waals surface area (Å²) in [5, 5.41) is 35.3. The van der Waals surface area contributed by atoms with Crippen molar-refractivity contribution in [3.63, 3.8) is 0 Å². The lowest BCUT2D eigenvalue weighted by Gasteiger charge is -2.22. The second-order valence-electron chi connectivity index (χ2n) is 2.31. The first-order valence-electron chi connectivity index (χ1n) is 3.29. The number of rotatable bonds is 5. The van der Waals surface area contributed by atoms with Crippen molar-refractivity contribution >= 4 is 22.2 Å². The fourth-order valence-electron chi connectivity index (χ4n) is 0.597. The van der Waals surface area contributed by atoms with E-state index in [2.05, 4.69) is 15.9 Å². The Hall–Kier alpha value is -0.0100. The fraction of sp³-hybridized carbons (Fsp3) is 0.833. The number of aliphatic hydroxyl groups is 4. The molecular formula is C6H11BrO5. The molecule has 0 bridgehead atoms. The van der Waals surface area contributed by atoms with Gasteiger partial charge in [-0.25, -0.2) is 0 Å². The highest BCUT2D eigenvalue weighted by Crippen LogP contribution is 2.12. The van der Waals surface area contributed by atoms with Gasteiger partial charge in [-0.3, -0.25) is 0 Å². The highest BCUT2D eigenvalue weighted by molar-refractivity contribution is 9.09. The fourth-order valence-corrected chi connectivity index (χ4v) is 1.07. The van der Waals surface area contributed by atoms with E-state index in [1.807, 2.05) is 0 Å². The molecule has 0 heterocycles. The summed E-state index contributed by atoms with van der Waals surface area (Å²) in [5.41, 5.74) is 0. The molecule has 4 atom stereocenters. The number of halogens is 1. The van der Waals surface area contributed by atoms with E-state index in [0.717, 1.165) is 0 Å². The molecule has 0 spiro atoms. The van der Waals surface area contributed by atoms with Crippen molar-refractivity contribution in [1.82, 2.24) is 0 Å². The van der Waals surface area contributed by atoms with Crippen LogP contribution in [-0.2, 0) is 4.79 Å². The molecule has 0 saturated carbocycles. The number of hydrogen-bond donors (Lipinski definition) is 4. The van der Waals surface area contributed by atoms with E-state index in [1.54, 1.807) is 0 Å². The standard InChI is InChI=1S/C6H11BrO5/c7-5(3(10)1-8)6(12)4(11)2-9/h1,3-6,9-12H,2H2/t3-,4-,5-,6-/m1/s1. The van der Waals surface area contributed by atoms with Crippen LogP contribution in [0.4, 0.5) is 0 Å². The molecular weight excluding hydrogens is 232 g/mol. The van der Waals surface area contributed by atoms with Gasteiger partial charge in [0.25, 0.3) is 0 Å². The number of aldehydes is 1. The second-order valence-corrected chi connectivity index (χ2v) is 3.37. The molecule has 0 aliphatic rings. The average Bonchev–Trinajstić information content (AvgIpc) is 2.12. The number of hydrogen-bond acceptors (Lipinski definition) is 5. The molecule has 72 valence electrons. The molecule has 0 aromatic heterocycles. The average molecular weight is 243 g/mol. The van der Waals surface area contributed by atoms with E-state index in [1.165, 1.54) is 0 Å². The normalized spacial score (nSPS) is 21.1. The minimum atomic E-state index is -1.40. The van der Waals surface area contributed by atoms with Crippen LogP contribution in [-0.4, -0.2) is 56.5 Å². The maximum absolute atomic E-state index is 10.0. The Morgan fingerprint density at radius 1 is 1.33 bits per heavy atom. The topological polar surface area (TPSA) is 98.0 Å². The van der Waals surface area contributed by atoms with Crippen molar-refractivity contribution in [2.24, 2.45) is 0 Å². The van der Waals surface area contributed by atoms with Gasteiger partial charge in [0.15, 0.2) is 0 Å². The molecule has 0 unspecified atom stereocenters. The summed E-state index contributed by atoms with van der Waals surface area (Å²) in [5.74, 6) is 0. The van der Waals surface area contributed by atoms with E-state index < -0.39 is 29.7 Å². The highest BCUT2D eigenvalue weighted by Gasteiger charge is 2.29. The van der Waals surface area contributed by atoms with Gasteiger partial charge in [-0.1, -0.05) is 15.9 Å². The number of aliphatic hydroxyl groups excluding tert-OH is 4. The molecule has 5 nitrogen and oxygen atoms in total. The van der Waals surface area contributed by atoms with Gasteiger partial charge >= 0.3 is 0 Å². The number of carbonyl (C=O) groups is 1. The van der Waals surface area contributed by atoms with Crippen LogP contribution in [0.25, 0.3) is 0 Å². The van der Waals surface area contributed by atoms with E-state index in [-0.39, 0.29) is 6.29 Å². The molecule has 0 amide bonds. The summed E-state index contributed by atoms with van der Waals surface area (Å²) in [4.78, 5) is 9.05. The summed E-state index contributed by atoms with van der Waals surface area (Å²) >= 11 is 2.81. The third-order valence-corrected chi connectivity index (χ3v) is 2.46. The Labute approximate surface area is 77.8 Å². The van der Waals surface area contributed by atoms with E-state index in [9.17, 15) is 4.79 Å². The van der Waals surface area contributed by atoms with E-state index in [4.69, 9.17) is 20.4 Å². The van der Waals surface area contributed by atoms with Gasteiger partial charge in [0, 0.05) is 0 Å². The van der Waals surface area contributed by atoms with Crippen LogP contribution in [0.1, 0.15) is 0 Å².